The lowest BCUT2D eigenvalue weighted by Crippen LogP contribution is -1.90. The Balaban J connectivity index is 1.14. The molecule has 2 nitrogen and oxygen atoms in total. The first-order valence-electron chi connectivity index (χ1n) is 14.0. The van der Waals surface area contributed by atoms with Crippen LogP contribution < -0.4 is 0 Å². The van der Waals surface area contributed by atoms with Crippen molar-refractivity contribution in [1.29, 1.82) is 0 Å². The van der Waals surface area contributed by atoms with Crippen LogP contribution in [0.1, 0.15) is 0 Å². The van der Waals surface area contributed by atoms with E-state index in [-0.39, 0.29) is 0 Å². The van der Waals surface area contributed by atoms with Gasteiger partial charge in [0.15, 0.2) is 0 Å². The largest absolute Gasteiger partial charge is 0.247 e. The van der Waals surface area contributed by atoms with Crippen LogP contribution in [0, 0.1) is 0 Å². The summed E-state index contributed by atoms with van der Waals surface area (Å²) in [6, 6.07) is 47.7. The topological polar surface area (TPSA) is 25.8 Å². The van der Waals surface area contributed by atoms with Gasteiger partial charge in [0.1, 0.15) is 5.01 Å². The molecule has 0 bridgehead atoms. The molecule has 0 aliphatic heterocycles. The molecule has 0 aliphatic rings. The number of fused-ring (bicyclic) bond motifs is 8. The van der Waals surface area contributed by atoms with Crippen LogP contribution in [0.2, 0.25) is 0 Å². The molecule has 0 N–H and O–H groups in total. The van der Waals surface area contributed by atoms with E-state index in [1.165, 1.54) is 52.2 Å². The molecular formula is C38H22N2S2. The molecule has 9 aromatic rings. The zero-order chi connectivity index (χ0) is 27.6. The highest BCUT2D eigenvalue weighted by Crippen LogP contribution is 2.43. The Hall–Kier alpha value is -4.90. The molecule has 42 heavy (non-hydrogen) atoms. The quantitative estimate of drug-likeness (QED) is 0.197. The second-order valence-corrected chi connectivity index (χ2v) is 12.7. The van der Waals surface area contributed by atoms with Crippen molar-refractivity contribution in [3.8, 4) is 33.0 Å². The van der Waals surface area contributed by atoms with E-state index < -0.39 is 0 Å². The molecule has 196 valence electrons. The molecule has 0 aliphatic carbocycles. The van der Waals surface area contributed by atoms with Crippen LogP contribution in [-0.4, -0.2) is 9.97 Å². The van der Waals surface area contributed by atoms with Gasteiger partial charge in [-0.15, -0.1) is 22.7 Å². The molecule has 0 atom stereocenters. The van der Waals surface area contributed by atoms with Gasteiger partial charge in [0.05, 0.1) is 21.4 Å². The van der Waals surface area contributed by atoms with Crippen molar-refractivity contribution in [3.63, 3.8) is 0 Å². The summed E-state index contributed by atoms with van der Waals surface area (Å²) in [7, 11) is 0. The number of nitrogens with zero attached hydrogens (tertiary/aromatic N) is 2. The van der Waals surface area contributed by atoms with Crippen LogP contribution >= 0.6 is 22.7 Å². The van der Waals surface area contributed by atoms with E-state index in [9.17, 15) is 0 Å². The Morgan fingerprint density at radius 3 is 1.74 bits per heavy atom. The number of para-hydroxylation sites is 2. The van der Waals surface area contributed by atoms with E-state index in [1.54, 1.807) is 11.3 Å². The van der Waals surface area contributed by atoms with Gasteiger partial charge >= 0.3 is 0 Å². The van der Waals surface area contributed by atoms with Crippen LogP contribution in [0.25, 0.3) is 85.0 Å². The number of aromatic nitrogens is 2. The lowest BCUT2D eigenvalue weighted by atomic mass is 9.96. The molecule has 0 unspecified atom stereocenters. The van der Waals surface area contributed by atoms with Gasteiger partial charge in [-0.05, 0) is 35.4 Å². The van der Waals surface area contributed by atoms with Crippen molar-refractivity contribution in [3.05, 3.63) is 133 Å². The average Bonchev–Trinajstić information content (AvgIpc) is 3.66. The number of hydrogen-bond donors (Lipinski definition) is 0. The van der Waals surface area contributed by atoms with Gasteiger partial charge in [-0.1, -0.05) is 109 Å². The van der Waals surface area contributed by atoms with Gasteiger partial charge < -0.3 is 0 Å². The van der Waals surface area contributed by atoms with E-state index in [2.05, 4.69) is 127 Å². The molecule has 0 saturated carbocycles. The van der Waals surface area contributed by atoms with Gasteiger partial charge in [0.25, 0.3) is 0 Å². The Morgan fingerprint density at radius 2 is 0.976 bits per heavy atom. The first-order chi connectivity index (χ1) is 20.8. The van der Waals surface area contributed by atoms with Crippen LogP contribution in [0.3, 0.4) is 0 Å². The lowest BCUT2D eigenvalue weighted by Gasteiger charge is -2.12. The maximum atomic E-state index is 5.20. The molecule has 0 amide bonds. The van der Waals surface area contributed by atoms with Crippen molar-refractivity contribution in [2.45, 2.75) is 0 Å². The number of thiophene rings is 1. The molecule has 3 heterocycles. The second-order valence-electron chi connectivity index (χ2n) is 10.6. The fourth-order valence-electron chi connectivity index (χ4n) is 6.06. The summed E-state index contributed by atoms with van der Waals surface area (Å²) in [5, 5.41) is 7.39. The number of thiazole rings is 1. The molecule has 0 radical (unpaired) electrons. The van der Waals surface area contributed by atoms with Gasteiger partial charge in [-0.25, -0.2) is 9.97 Å². The summed E-state index contributed by atoms with van der Waals surface area (Å²) in [5.41, 5.74) is 7.76. The van der Waals surface area contributed by atoms with E-state index in [1.807, 2.05) is 17.4 Å². The van der Waals surface area contributed by atoms with Crippen LogP contribution in [0.15, 0.2) is 133 Å². The molecule has 0 saturated heterocycles. The van der Waals surface area contributed by atoms with E-state index in [0.29, 0.717) is 0 Å². The Labute approximate surface area is 250 Å². The van der Waals surface area contributed by atoms with E-state index in [4.69, 9.17) is 9.97 Å². The van der Waals surface area contributed by atoms with Crippen molar-refractivity contribution in [2.24, 2.45) is 0 Å². The highest BCUT2D eigenvalue weighted by Gasteiger charge is 2.16. The molecule has 0 spiro atoms. The molecule has 9 rings (SSSR count). The Kier molecular flexibility index (Phi) is 5.27. The third-order valence-electron chi connectivity index (χ3n) is 8.13. The minimum Gasteiger partial charge on any atom is -0.247 e. The van der Waals surface area contributed by atoms with Gasteiger partial charge in [-0.3, -0.25) is 0 Å². The molecule has 4 heteroatoms. The molecule has 3 aromatic heterocycles. The van der Waals surface area contributed by atoms with Crippen LogP contribution in [0.4, 0.5) is 0 Å². The zero-order valence-electron chi connectivity index (χ0n) is 22.4. The summed E-state index contributed by atoms with van der Waals surface area (Å²) in [4.78, 5) is 10.0. The van der Waals surface area contributed by atoms with Crippen molar-refractivity contribution >= 4 is 74.7 Å². The molecular weight excluding hydrogens is 549 g/mol. The molecule has 0 fully saturated rings. The fourth-order valence-corrected chi connectivity index (χ4v) is 8.29. The standard InChI is InChI=1S/C38H22N2S2/c1-3-9-31-29(8-1)35-30(22-21-28-27-7-2-5-11-33(27)41-37(28)35)36(39-31)25-17-13-23(14-18-25)24-15-19-26(20-16-24)38-40-32-10-4-6-12-34(32)42-38/h1-22H. The second kappa shape index (κ2) is 9.31. The first-order valence-corrected chi connectivity index (χ1v) is 15.6. The van der Waals surface area contributed by atoms with Gasteiger partial charge in [0, 0.05) is 47.5 Å². The summed E-state index contributed by atoms with van der Waals surface area (Å²) in [6.45, 7) is 0. The van der Waals surface area contributed by atoms with Crippen LogP contribution in [0.5, 0.6) is 0 Å². The average molecular weight is 571 g/mol. The highest BCUT2D eigenvalue weighted by atomic mass is 32.1. The smallest absolute Gasteiger partial charge is 0.124 e. The van der Waals surface area contributed by atoms with E-state index in [0.717, 1.165) is 32.9 Å². The van der Waals surface area contributed by atoms with Crippen LogP contribution in [-0.2, 0) is 0 Å². The first kappa shape index (κ1) is 23.8. The molecule has 6 aromatic carbocycles. The number of benzene rings is 6. The maximum absolute atomic E-state index is 5.20. The number of rotatable bonds is 3. The normalized spacial score (nSPS) is 11.8. The van der Waals surface area contributed by atoms with Crippen molar-refractivity contribution in [1.82, 2.24) is 9.97 Å². The van der Waals surface area contributed by atoms with Crippen molar-refractivity contribution in [2.75, 3.05) is 0 Å². The fraction of sp³-hybridized carbons (Fsp3) is 0. The predicted octanol–water partition coefficient (Wildman–Crippen LogP) is 11.4. The monoisotopic (exact) mass is 570 g/mol. The predicted molar refractivity (Wildman–Crippen MR) is 182 cm³/mol. The third kappa shape index (κ3) is 3.69. The Bertz CT molecular complexity index is 2420. The highest BCUT2D eigenvalue weighted by molar-refractivity contribution is 7.26. The van der Waals surface area contributed by atoms with Crippen molar-refractivity contribution < 1.29 is 0 Å². The lowest BCUT2D eigenvalue weighted by molar-refractivity contribution is 1.43. The zero-order valence-corrected chi connectivity index (χ0v) is 24.0. The summed E-state index contributed by atoms with van der Waals surface area (Å²) >= 11 is 3.62. The summed E-state index contributed by atoms with van der Waals surface area (Å²) in [6.07, 6.45) is 0. The minimum absolute atomic E-state index is 1.03. The summed E-state index contributed by atoms with van der Waals surface area (Å²) in [5.74, 6) is 0. The van der Waals surface area contributed by atoms with Gasteiger partial charge in [0.2, 0.25) is 0 Å². The number of hydrogen-bond acceptors (Lipinski definition) is 4. The van der Waals surface area contributed by atoms with E-state index >= 15 is 0 Å². The summed E-state index contributed by atoms with van der Waals surface area (Å²) < 4.78 is 3.87. The Morgan fingerprint density at radius 1 is 0.381 bits per heavy atom. The minimum atomic E-state index is 1.03. The maximum Gasteiger partial charge on any atom is 0.124 e. The third-order valence-corrected chi connectivity index (χ3v) is 10.4. The SMILES string of the molecule is c1ccc2sc(-c3ccc(-c4ccc(-c5nc6ccccc6c6c5ccc5c7ccccc7sc56)cc4)cc3)nc2c1. The van der Waals surface area contributed by atoms with Gasteiger partial charge in [-0.2, -0.15) is 0 Å². The number of pyridine rings is 1.